The molecule has 1 rings (SSSR count). The van der Waals surface area contributed by atoms with E-state index >= 15 is 0 Å². The SMILES string of the molecule is Cc1ccccc1SC(CN)C(F)(F)F. The molecule has 15 heavy (non-hydrogen) atoms. The van der Waals surface area contributed by atoms with Crippen LogP contribution in [0.25, 0.3) is 0 Å². The van der Waals surface area contributed by atoms with E-state index in [2.05, 4.69) is 0 Å². The first-order valence-corrected chi connectivity index (χ1v) is 5.32. The number of nitrogens with two attached hydrogens (primary N) is 1. The average Bonchev–Trinajstić information content (AvgIpc) is 2.14. The summed E-state index contributed by atoms with van der Waals surface area (Å²) < 4.78 is 37.3. The lowest BCUT2D eigenvalue weighted by Crippen LogP contribution is -2.32. The summed E-state index contributed by atoms with van der Waals surface area (Å²) in [5.41, 5.74) is 5.95. The standard InChI is InChI=1S/C10H12F3NS/c1-7-4-2-3-5-8(7)15-9(6-14)10(11,12)13/h2-5,9H,6,14H2,1H3. The Balaban J connectivity index is 2.80. The fourth-order valence-corrected chi connectivity index (χ4v) is 2.04. The summed E-state index contributed by atoms with van der Waals surface area (Å²) in [6.07, 6.45) is -4.25. The van der Waals surface area contributed by atoms with Crippen LogP contribution in [0.3, 0.4) is 0 Å². The summed E-state index contributed by atoms with van der Waals surface area (Å²) in [6.45, 7) is 1.38. The van der Waals surface area contributed by atoms with E-state index < -0.39 is 18.0 Å². The van der Waals surface area contributed by atoms with Crippen molar-refractivity contribution < 1.29 is 13.2 Å². The Morgan fingerprint density at radius 1 is 1.33 bits per heavy atom. The molecule has 1 nitrogen and oxygen atoms in total. The molecule has 0 aliphatic heterocycles. The Kier molecular flexibility index (Phi) is 4.04. The number of hydrogen-bond donors (Lipinski definition) is 1. The molecule has 0 fully saturated rings. The van der Waals surface area contributed by atoms with Crippen LogP contribution in [0.1, 0.15) is 5.56 Å². The number of hydrogen-bond acceptors (Lipinski definition) is 2. The first-order valence-electron chi connectivity index (χ1n) is 4.44. The number of alkyl halides is 3. The molecular formula is C10H12F3NS. The Hall–Kier alpha value is -0.680. The summed E-state index contributed by atoms with van der Waals surface area (Å²) in [5.74, 6) is 0. The molecule has 0 aromatic heterocycles. The summed E-state index contributed by atoms with van der Waals surface area (Å²) >= 11 is 0.772. The second kappa shape index (κ2) is 4.90. The molecule has 0 spiro atoms. The van der Waals surface area contributed by atoms with Gasteiger partial charge in [0, 0.05) is 11.4 Å². The van der Waals surface area contributed by atoms with Crippen LogP contribution in [0, 0.1) is 6.92 Å². The van der Waals surface area contributed by atoms with E-state index in [0.29, 0.717) is 4.90 Å². The average molecular weight is 235 g/mol. The third kappa shape index (κ3) is 3.43. The Labute approximate surface area is 90.9 Å². The van der Waals surface area contributed by atoms with E-state index in [9.17, 15) is 13.2 Å². The minimum atomic E-state index is -4.25. The monoisotopic (exact) mass is 235 g/mol. The zero-order chi connectivity index (χ0) is 11.5. The summed E-state index contributed by atoms with van der Waals surface area (Å²) in [4.78, 5) is 0.630. The molecule has 0 radical (unpaired) electrons. The van der Waals surface area contributed by atoms with Gasteiger partial charge in [-0.1, -0.05) is 18.2 Å². The normalized spacial score (nSPS) is 13.9. The molecule has 0 aliphatic rings. The van der Waals surface area contributed by atoms with Gasteiger partial charge in [0.25, 0.3) is 0 Å². The lowest BCUT2D eigenvalue weighted by Gasteiger charge is -2.18. The van der Waals surface area contributed by atoms with E-state index in [0.717, 1.165) is 17.3 Å². The summed E-state index contributed by atoms with van der Waals surface area (Å²) in [6, 6.07) is 6.98. The van der Waals surface area contributed by atoms with Gasteiger partial charge in [-0.2, -0.15) is 13.2 Å². The van der Waals surface area contributed by atoms with Gasteiger partial charge in [-0.25, -0.2) is 0 Å². The lowest BCUT2D eigenvalue weighted by molar-refractivity contribution is -0.126. The second-order valence-electron chi connectivity index (χ2n) is 3.15. The first-order chi connectivity index (χ1) is 6.95. The van der Waals surface area contributed by atoms with Crippen molar-refractivity contribution in [1.29, 1.82) is 0 Å². The molecule has 0 heterocycles. The van der Waals surface area contributed by atoms with Gasteiger partial charge < -0.3 is 5.73 Å². The molecule has 5 heteroatoms. The quantitative estimate of drug-likeness (QED) is 0.815. The van der Waals surface area contributed by atoms with E-state index in [1.54, 1.807) is 31.2 Å². The fraction of sp³-hybridized carbons (Fsp3) is 0.400. The van der Waals surface area contributed by atoms with Crippen molar-refractivity contribution in [3.8, 4) is 0 Å². The van der Waals surface area contributed by atoms with Gasteiger partial charge in [-0.05, 0) is 18.6 Å². The maximum absolute atomic E-state index is 12.4. The van der Waals surface area contributed by atoms with Crippen LogP contribution in [0.5, 0.6) is 0 Å². The maximum atomic E-state index is 12.4. The van der Waals surface area contributed by atoms with Crippen LogP contribution in [-0.4, -0.2) is 18.0 Å². The molecule has 1 atom stereocenters. The molecule has 1 unspecified atom stereocenters. The van der Waals surface area contributed by atoms with Crippen molar-refractivity contribution in [2.24, 2.45) is 5.73 Å². The van der Waals surface area contributed by atoms with E-state index in [1.807, 2.05) is 0 Å². The maximum Gasteiger partial charge on any atom is 0.402 e. The van der Waals surface area contributed by atoms with E-state index in [1.165, 1.54) is 0 Å². The molecule has 0 saturated carbocycles. The third-order valence-electron chi connectivity index (χ3n) is 1.94. The largest absolute Gasteiger partial charge is 0.402 e. The Bertz CT molecular complexity index is 325. The van der Waals surface area contributed by atoms with Crippen molar-refractivity contribution >= 4 is 11.8 Å². The van der Waals surface area contributed by atoms with Crippen molar-refractivity contribution in [1.82, 2.24) is 0 Å². The highest BCUT2D eigenvalue weighted by molar-refractivity contribution is 8.00. The van der Waals surface area contributed by atoms with Gasteiger partial charge in [0.15, 0.2) is 0 Å². The molecular weight excluding hydrogens is 223 g/mol. The highest BCUT2D eigenvalue weighted by Crippen LogP contribution is 2.35. The van der Waals surface area contributed by atoms with Crippen LogP contribution >= 0.6 is 11.8 Å². The molecule has 0 aliphatic carbocycles. The van der Waals surface area contributed by atoms with Crippen molar-refractivity contribution in [3.05, 3.63) is 29.8 Å². The van der Waals surface area contributed by atoms with Crippen molar-refractivity contribution in [2.45, 2.75) is 23.2 Å². The molecule has 2 N–H and O–H groups in total. The molecule has 0 amide bonds. The number of aryl methyl sites for hydroxylation is 1. The number of benzene rings is 1. The number of halogens is 3. The predicted octanol–water partition coefficient (Wildman–Crippen LogP) is 2.98. The highest BCUT2D eigenvalue weighted by atomic mass is 32.2. The van der Waals surface area contributed by atoms with Crippen LogP contribution < -0.4 is 5.73 Å². The molecule has 1 aromatic rings. The van der Waals surface area contributed by atoms with Gasteiger partial charge in [0.2, 0.25) is 0 Å². The second-order valence-corrected chi connectivity index (χ2v) is 4.39. The van der Waals surface area contributed by atoms with E-state index in [-0.39, 0.29) is 0 Å². The minimum Gasteiger partial charge on any atom is -0.329 e. The molecule has 84 valence electrons. The van der Waals surface area contributed by atoms with Crippen LogP contribution in [0.2, 0.25) is 0 Å². The smallest absolute Gasteiger partial charge is 0.329 e. The summed E-state index contributed by atoms with van der Waals surface area (Å²) in [5, 5.41) is -1.53. The van der Waals surface area contributed by atoms with Crippen molar-refractivity contribution in [3.63, 3.8) is 0 Å². The van der Waals surface area contributed by atoms with Crippen LogP contribution in [0.4, 0.5) is 13.2 Å². The lowest BCUT2D eigenvalue weighted by atomic mass is 10.2. The third-order valence-corrected chi connectivity index (χ3v) is 3.40. The van der Waals surface area contributed by atoms with Gasteiger partial charge in [0.05, 0.1) is 0 Å². The predicted molar refractivity (Wildman–Crippen MR) is 55.9 cm³/mol. The molecule has 1 aromatic carbocycles. The first kappa shape index (κ1) is 12.4. The summed E-state index contributed by atoms with van der Waals surface area (Å²) in [7, 11) is 0. The zero-order valence-electron chi connectivity index (χ0n) is 8.21. The van der Waals surface area contributed by atoms with Gasteiger partial charge in [0.1, 0.15) is 5.25 Å². The zero-order valence-corrected chi connectivity index (χ0v) is 9.03. The highest BCUT2D eigenvalue weighted by Gasteiger charge is 2.39. The Morgan fingerprint density at radius 2 is 1.93 bits per heavy atom. The van der Waals surface area contributed by atoms with Crippen LogP contribution in [-0.2, 0) is 0 Å². The van der Waals surface area contributed by atoms with Gasteiger partial charge in [-0.15, -0.1) is 11.8 Å². The fourth-order valence-electron chi connectivity index (χ4n) is 1.09. The Morgan fingerprint density at radius 3 is 2.40 bits per heavy atom. The topological polar surface area (TPSA) is 26.0 Å². The van der Waals surface area contributed by atoms with Gasteiger partial charge in [-0.3, -0.25) is 0 Å². The number of rotatable bonds is 3. The molecule has 0 bridgehead atoms. The van der Waals surface area contributed by atoms with Crippen LogP contribution in [0.15, 0.2) is 29.2 Å². The van der Waals surface area contributed by atoms with E-state index in [4.69, 9.17) is 5.73 Å². The number of thioether (sulfide) groups is 1. The van der Waals surface area contributed by atoms with Gasteiger partial charge >= 0.3 is 6.18 Å². The molecule has 0 saturated heterocycles. The van der Waals surface area contributed by atoms with Crippen molar-refractivity contribution in [2.75, 3.05) is 6.54 Å². The minimum absolute atomic E-state index is 0.400.